The lowest BCUT2D eigenvalue weighted by Gasteiger charge is -2.15. The van der Waals surface area contributed by atoms with E-state index in [2.05, 4.69) is 15.3 Å². The van der Waals surface area contributed by atoms with E-state index in [0.29, 0.717) is 21.9 Å². The Bertz CT molecular complexity index is 1230. The molecule has 2 aromatic heterocycles. The zero-order chi connectivity index (χ0) is 20.9. The van der Waals surface area contributed by atoms with Gasteiger partial charge in [0, 0.05) is 6.20 Å². The van der Waals surface area contributed by atoms with Crippen LogP contribution in [-0.2, 0) is 4.79 Å². The van der Waals surface area contributed by atoms with Crippen LogP contribution in [0.25, 0.3) is 16.7 Å². The zero-order valence-electron chi connectivity index (χ0n) is 16.4. The van der Waals surface area contributed by atoms with Gasteiger partial charge >= 0.3 is 0 Å². The molecule has 1 N–H and O–H groups in total. The highest BCUT2D eigenvalue weighted by molar-refractivity contribution is 7.99. The number of aromatic nitrogens is 3. The van der Waals surface area contributed by atoms with Crippen molar-refractivity contribution in [3.05, 3.63) is 94.9 Å². The molecule has 4 aromatic rings. The van der Waals surface area contributed by atoms with Crippen molar-refractivity contribution in [1.82, 2.24) is 19.9 Å². The van der Waals surface area contributed by atoms with Crippen LogP contribution in [0.3, 0.4) is 0 Å². The Balaban J connectivity index is 1.60. The number of thioether (sulfide) groups is 1. The summed E-state index contributed by atoms with van der Waals surface area (Å²) in [4.78, 5) is 34.4. The lowest BCUT2D eigenvalue weighted by Crippen LogP contribution is -2.29. The second kappa shape index (κ2) is 8.92. The molecule has 1 amide bonds. The van der Waals surface area contributed by atoms with Crippen molar-refractivity contribution in [2.75, 3.05) is 5.75 Å². The third-order valence-corrected chi connectivity index (χ3v) is 5.58. The standard InChI is InChI=1S/C23H20N4O2S/c1-16(17-9-4-2-5-10-17)25-20(28)15-30-23-26-21-19(13-8-14-24-21)22(29)27(23)18-11-6-3-7-12-18/h2-14,16H,15H2,1H3,(H,25,28)/t16-/m1/s1. The molecule has 0 aliphatic heterocycles. The molecular formula is C23H20N4O2S. The molecule has 0 fully saturated rings. The lowest BCUT2D eigenvalue weighted by atomic mass is 10.1. The first-order valence-corrected chi connectivity index (χ1v) is 10.5. The Morgan fingerprint density at radius 3 is 2.47 bits per heavy atom. The molecule has 30 heavy (non-hydrogen) atoms. The topological polar surface area (TPSA) is 76.9 Å². The van der Waals surface area contributed by atoms with Gasteiger partial charge in [0.15, 0.2) is 10.8 Å². The fourth-order valence-electron chi connectivity index (χ4n) is 3.14. The van der Waals surface area contributed by atoms with Crippen LogP contribution in [0, 0.1) is 0 Å². The van der Waals surface area contributed by atoms with Gasteiger partial charge in [-0.2, -0.15) is 0 Å². The zero-order valence-corrected chi connectivity index (χ0v) is 17.2. The molecule has 0 saturated carbocycles. The number of amides is 1. The van der Waals surface area contributed by atoms with Crippen LogP contribution >= 0.6 is 11.8 Å². The van der Waals surface area contributed by atoms with Gasteiger partial charge in [0.05, 0.1) is 22.9 Å². The maximum atomic E-state index is 13.1. The predicted molar refractivity (Wildman–Crippen MR) is 119 cm³/mol. The van der Waals surface area contributed by atoms with Crippen LogP contribution in [0.15, 0.2) is 88.9 Å². The maximum absolute atomic E-state index is 13.1. The molecule has 2 aromatic carbocycles. The first-order valence-electron chi connectivity index (χ1n) is 9.54. The molecule has 150 valence electrons. The number of hydrogen-bond acceptors (Lipinski definition) is 5. The molecule has 0 unspecified atom stereocenters. The van der Waals surface area contributed by atoms with Gasteiger partial charge in [-0.1, -0.05) is 60.3 Å². The average Bonchev–Trinajstić information content (AvgIpc) is 2.79. The van der Waals surface area contributed by atoms with Crippen molar-refractivity contribution in [1.29, 1.82) is 0 Å². The van der Waals surface area contributed by atoms with Gasteiger partial charge in [-0.05, 0) is 36.8 Å². The summed E-state index contributed by atoms with van der Waals surface area (Å²) in [6.45, 7) is 1.94. The second-order valence-electron chi connectivity index (χ2n) is 6.73. The van der Waals surface area contributed by atoms with Crippen molar-refractivity contribution in [3.63, 3.8) is 0 Å². The molecule has 0 aliphatic rings. The highest BCUT2D eigenvalue weighted by atomic mass is 32.2. The predicted octanol–water partition coefficient (Wildman–Crippen LogP) is 3.75. The van der Waals surface area contributed by atoms with Crippen molar-refractivity contribution >= 4 is 28.7 Å². The minimum atomic E-state index is -0.208. The van der Waals surface area contributed by atoms with Crippen LogP contribution in [-0.4, -0.2) is 26.2 Å². The Hall–Kier alpha value is -3.45. The quantitative estimate of drug-likeness (QED) is 0.383. The number of nitrogens with zero attached hydrogens (tertiary/aromatic N) is 3. The van der Waals surface area contributed by atoms with Crippen molar-refractivity contribution in [2.24, 2.45) is 0 Å². The molecular weight excluding hydrogens is 396 g/mol. The van der Waals surface area contributed by atoms with Crippen molar-refractivity contribution in [3.8, 4) is 5.69 Å². The minimum Gasteiger partial charge on any atom is -0.349 e. The van der Waals surface area contributed by atoms with Gasteiger partial charge in [-0.15, -0.1) is 0 Å². The number of hydrogen-bond donors (Lipinski definition) is 1. The smallest absolute Gasteiger partial charge is 0.268 e. The van der Waals surface area contributed by atoms with Gasteiger partial charge in [0.2, 0.25) is 5.91 Å². The van der Waals surface area contributed by atoms with Gasteiger partial charge in [0.25, 0.3) is 5.56 Å². The first kappa shape index (κ1) is 19.8. The summed E-state index contributed by atoms with van der Waals surface area (Å²) in [7, 11) is 0. The largest absolute Gasteiger partial charge is 0.349 e. The van der Waals surface area contributed by atoms with Gasteiger partial charge in [-0.25, -0.2) is 9.97 Å². The number of para-hydroxylation sites is 1. The highest BCUT2D eigenvalue weighted by Crippen LogP contribution is 2.21. The molecule has 7 heteroatoms. The highest BCUT2D eigenvalue weighted by Gasteiger charge is 2.16. The monoisotopic (exact) mass is 416 g/mol. The van der Waals surface area contributed by atoms with E-state index in [4.69, 9.17) is 0 Å². The molecule has 0 radical (unpaired) electrons. The molecule has 2 heterocycles. The van der Waals surface area contributed by atoms with E-state index in [1.807, 2.05) is 67.6 Å². The van der Waals surface area contributed by atoms with Crippen LogP contribution in [0.2, 0.25) is 0 Å². The summed E-state index contributed by atoms with van der Waals surface area (Å²) in [5.74, 6) is 0.000691. The van der Waals surface area contributed by atoms with Gasteiger partial charge < -0.3 is 5.32 Å². The average molecular weight is 417 g/mol. The summed E-state index contributed by atoms with van der Waals surface area (Å²) in [6.07, 6.45) is 1.60. The van der Waals surface area contributed by atoms with E-state index < -0.39 is 0 Å². The molecule has 1 atom stereocenters. The summed E-state index contributed by atoms with van der Waals surface area (Å²) in [5.41, 5.74) is 1.89. The maximum Gasteiger partial charge on any atom is 0.268 e. The Kier molecular flexibility index (Phi) is 5.90. The molecule has 0 saturated heterocycles. The van der Waals surface area contributed by atoms with E-state index >= 15 is 0 Å². The van der Waals surface area contributed by atoms with Crippen LogP contribution in [0.4, 0.5) is 0 Å². The van der Waals surface area contributed by atoms with Crippen molar-refractivity contribution in [2.45, 2.75) is 18.1 Å². The minimum absolute atomic E-state index is 0.109. The van der Waals surface area contributed by atoms with E-state index in [0.717, 1.165) is 5.56 Å². The molecule has 0 bridgehead atoms. The fourth-order valence-corrected chi connectivity index (χ4v) is 3.95. The summed E-state index contributed by atoms with van der Waals surface area (Å²) < 4.78 is 1.53. The summed E-state index contributed by atoms with van der Waals surface area (Å²) >= 11 is 1.22. The third-order valence-electron chi connectivity index (χ3n) is 4.64. The number of carbonyl (C=O) groups is 1. The number of carbonyl (C=O) groups excluding carboxylic acids is 1. The number of fused-ring (bicyclic) bond motifs is 1. The Labute approximate surface area is 178 Å². The molecule has 4 rings (SSSR count). The molecule has 0 spiro atoms. The van der Waals surface area contributed by atoms with E-state index in [-0.39, 0.29) is 23.3 Å². The first-order chi connectivity index (χ1) is 14.6. The van der Waals surface area contributed by atoms with Crippen molar-refractivity contribution < 1.29 is 4.79 Å². The summed E-state index contributed by atoms with van der Waals surface area (Å²) in [5, 5.41) is 3.86. The van der Waals surface area contributed by atoms with E-state index in [1.165, 1.54) is 16.3 Å². The molecule has 0 aliphatic carbocycles. The van der Waals surface area contributed by atoms with Gasteiger partial charge in [0.1, 0.15) is 0 Å². The lowest BCUT2D eigenvalue weighted by molar-refractivity contribution is -0.119. The number of benzene rings is 2. The fraction of sp³-hybridized carbons (Fsp3) is 0.130. The number of pyridine rings is 1. The number of rotatable bonds is 6. The number of nitrogens with one attached hydrogen (secondary N) is 1. The van der Waals surface area contributed by atoms with Gasteiger partial charge in [-0.3, -0.25) is 14.2 Å². The van der Waals surface area contributed by atoms with Crippen LogP contribution in [0.1, 0.15) is 18.5 Å². The Morgan fingerprint density at radius 1 is 1.03 bits per heavy atom. The normalized spacial score (nSPS) is 11.9. The Morgan fingerprint density at radius 2 is 1.73 bits per heavy atom. The van der Waals surface area contributed by atoms with Crippen LogP contribution < -0.4 is 10.9 Å². The van der Waals surface area contributed by atoms with E-state index in [9.17, 15) is 9.59 Å². The van der Waals surface area contributed by atoms with E-state index in [1.54, 1.807) is 18.3 Å². The summed E-state index contributed by atoms with van der Waals surface area (Å²) in [6, 6.07) is 22.4. The second-order valence-corrected chi connectivity index (χ2v) is 7.68. The molecule has 6 nitrogen and oxygen atoms in total. The SMILES string of the molecule is C[C@@H](NC(=O)CSc1nc2ncccc2c(=O)n1-c1ccccc1)c1ccccc1. The van der Waals surface area contributed by atoms with Crippen LogP contribution in [0.5, 0.6) is 0 Å². The third kappa shape index (κ3) is 4.26.